The summed E-state index contributed by atoms with van der Waals surface area (Å²) in [5, 5.41) is 11.5. The first kappa shape index (κ1) is 13.3. The number of nitrogens with one attached hydrogen (secondary N) is 2. The average molecular weight is 264 g/mol. The van der Waals surface area contributed by atoms with Crippen LogP contribution >= 0.6 is 11.3 Å². The van der Waals surface area contributed by atoms with Gasteiger partial charge in [-0.1, -0.05) is 11.3 Å². The zero-order valence-corrected chi connectivity index (χ0v) is 11.0. The van der Waals surface area contributed by atoms with Gasteiger partial charge in [0.05, 0.1) is 5.75 Å². The Bertz CT molecular complexity index is 415. The summed E-state index contributed by atoms with van der Waals surface area (Å²) in [5.74, 6) is 0.118. The fourth-order valence-corrected chi connectivity index (χ4v) is 3.10. The highest BCUT2D eigenvalue weighted by Gasteiger charge is 2.12. The van der Waals surface area contributed by atoms with Crippen molar-refractivity contribution in [2.24, 2.45) is 0 Å². The van der Waals surface area contributed by atoms with Crippen molar-refractivity contribution in [1.29, 1.82) is 0 Å². The Morgan fingerprint density at radius 3 is 2.62 bits per heavy atom. The van der Waals surface area contributed by atoms with Crippen molar-refractivity contribution in [3.8, 4) is 0 Å². The van der Waals surface area contributed by atoms with E-state index in [4.69, 9.17) is 0 Å². The third-order valence-corrected chi connectivity index (χ3v) is 4.07. The second-order valence-electron chi connectivity index (χ2n) is 3.36. The van der Waals surface area contributed by atoms with Gasteiger partial charge < -0.3 is 5.32 Å². The molecular formula is C8H16N4O2S2. The Balaban J connectivity index is 2.40. The number of unbranched alkanes of at least 4 members (excludes halogenated alkanes) is 1. The van der Waals surface area contributed by atoms with E-state index >= 15 is 0 Å². The first-order chi connectivity index (χ1) is 7.53. The summed E-state index contributed by atoms with van der Waals surface area (Å²) in [5.41, 5.74) is 0. The van der Waals surface area contributed by atoms with E-state index in [0.717, 1.165) is 18.0 Å². The van der Waals surface area contributed by atoms with E-state index in [1.807, 2.05) is 7.05 Å². The van der Waals surface area contributed by atoms with Gasteiger partial charge in [0.2, 0.25) is 15.2 Å². The minimum Gasteiger partial charge on any atom is -0.320 e. The summed E-state index contributed by atoms with van der Waals surface area (Å²) in [7, 11) is -1.43. The predicted octanol–water partition coefficient (Wildman–Crippen LogP) is 0.588. The van der Waals surface area contributed by atoms with E-state index in [-0.39, 0.29) is 5.75 Å². The van der Waals surface area contributed by atoms with Gasteiger partial charge in [-0.3, -0.25) is 4.72 Å². The lowest BCUT2D eigenvalue weighted by Crippen LogP contribution is -2.18. The molecule has 1 aromatic heterocycles. The zero-order valence-electron chi connectivity index (χ0n) is 9.36. The summed E-state index contributed by atoms with van der Waals surface area (Å²) in [6.07, 6.45) is 1.47. The molecule has 2 N–H and O–H groups in total. The molecule has 0 saturated carbocycles. The summed E-state index contributed by atoms with van der Waals surface area (Å²) in [6.45, 7) is 2.61. The molecule has 8 heteroatoms. The highest BCUT2D eigenvalue weighted by atomic mass is 32.2. The van der Waals surface area contributed by atoms with Gasteiger partial charge in [0, 0.05) is 0 Å². The molecule has 0 saturated heterocycles. The number of hydrogen-bond donors (Lipinski definition) is 2. The number of sulfonamides is 1. The molecule has 0 unspecified atom stereocenters. The van der Waals surface area contributed by atoms with Crippen LogP contribution in [0.4, 0.5) is 5.13 Å². The number of aryl methyl sites for hydroxylation is 1. The molecule has 0 radical (unpaired) electrons. The van der Waals surface area contributed by atoms with E-state index in [1.165, 1.54) is 11.3 Å². The smallest absolute Gasteiger partial charge is 0.234 e. The Hall–Kier alpha value is -0.730. The topological polar surface area (TPSA) is 84.0 Å². The van der Waals surface area contributed by atoms with Gasteiger partial charge >= 0.3 is 0 Å². The van der Waals surface area contributed by atoms with E-state index < -0.39 is 10.0 Å². The molecule has 1 aromatic rings. The maximum Gasteiger partial charge on any atom is 0.234 e. The van der Waals surface area contributed by atoms with E-state index in [1.54, 1.807) is 6.92 Å². The normalized spacial score (nSPS) is 11.6. The van der Waals surface area contributed by atoms with Crippen LogP contribution in [0.15, 0.2) is 0 Å². The molecule has 1 heterocycles. The molecule has 6 nitrogen and oxygen atoms in total. The van der Waals surface area contributed by atoms with Crippen molar-refractivity contribution in [3.63, 3.8) is 0 Å². The van der Waals surface area contributed by atoms with E-state index in [2.05, 4.69) is 20.2 Å². The molecule has 0 amide bonds. The third-order valence-electron chi connectivity index (χ3n) is 1.86. The van der Waals surface area contributed by atoms with Crippen molar-refractivity contribution in [3.05, 3.63) is 5.01 Å². The van der Waals surface area contributed by atoms with Crippen molar-refractivity contribution in [1.82, 2.24) is 15.5 Å². The fourth-order valence-electron chi connectivity index (χ4n) is 1.12. The Morgan fingerprint density at radius 2 is 2.06 bits per heavy atom. The van der Waals surface area contributed by atoms with Crippen LogP contribution in [0.25, 0.3) is 0 Å². The van der Waals surface area contributed by atoms with Crippen LogP contribution in [0.5, 0.6) is 0 Å². The molecule has 0 fully saturated rings. The third kappa shape index (κ3) is 4.86. The van der Waals surface area contributed by atoms with Crippen LogP contribution < -0.4 is 10.0 Å². The lowest BCUT2D eigenvalue weighted by atomic mass is 10.3. The Labute approximate surface area is 99.5 Å². The highest BCUT2D eigenvalue weighted by Crippen LogP contribution is 2.15. The fraction of sp³-hybridized carbons (Fsp3) is 0.750. The molecular weight excluding hydrogens is 248 g/mol. The molecule has 0 aliphatic carbocycles. The summed E-state index contributed by atoms with van der Waals surface area (Å²) in [6, 6.07) is 0. The summed E-state index contributed by atoms with van der Waals surface area (Å²) in [4.78, 5) is 0. The van der Waals surface area contributed by atoms with Crippen molar-refractivity contribution in [2.75, 3.05) is 24.1 Å². The number of aromatic nitrogens is 2. The van der Waals surface area contributed by atoms with Crippen molar-refractivity contribution in [2.45, 2.75) is 19.8 Å². The van der Waals surface area contributed by atoms with Crippen LogP contribution in [0.1, 0.15) is 17.8 Å². The second-order valence-corrected chi connectivity index (χ2v) is 6.38. The zero-order chi connectivity index (χ0) is 12.0. The van der Waals surface area contributed by atoms with E-state index in [9.17, 15) is 8.42 Å². The van der Waals surface area contributed by atoms with Crippen LogP contribution in [-0.4, -0.2) is 38.0 Å². The van der Waals surface area contributed by atoms with Crippen molar-refractivity contribution < 1.29 is 8.42 Å². The first-order valence-corrected chi connectivity index (χ1v) is 7.45. The van der Waals surface area contributed by atoms with Gasteiger partial charge in [-0.25, -0.2) is 8.42 Å². The first-order valence-electron chi connectivity index (χ1n) is 4.99. The van der Waals surface area contributed by atoms with Crippen LogP contribution in [0.3, 0.4) is 0 Å². The Kier molecular flexibility index (Phi) is 5.10. The molecule has 0 spiro atoms. The SMILES string of the molecule is CNCCCCS(=O)(=O)Nc1nnc(C)s1. The highest BCUT2D eigenvalue weighted by molar-refractivity contribution is 7.92. The molecule has 1 rings (SSSR count). The number of anilines is 1. The average Bonchev–Trinajstić information content (AvgIpc) is 2.58. The summed E-state index contributed by atoms with van der Waals surface area (Å²) < 4.78 is 25.6. The standard InChI is InChI=1S/C8H16N4O2S2/c1-7-10-11-8(15-7)12-16(13,14)6-4-3-5-9-2/h9H,3-6H2,1-2H3,(H,11,12). The van der Waals surface area contributed by atoms with E-state index in [0.29, 0.717) is 11.6 Å². The largest absolute Gasteiger partial charge is 0.320 e. The van der Waals surface area contributed by atoms with Crippen molar-refractivity contribution >= 4 is 26.5 Å². The molecule has 92 valence electrons. The number of nitrogens with zero attached hydrogens (tertiary/aromatic N) is 2. The van der Waals surface area contributed by atoms with Crippen LogP contribution in [0, 0.1) is 6.92 Å². The van der Waals surface area contributed by atoms with Gasteiger partial charge in [0.25, 0.3) is 0 Å². The van der Waals surface area contributed by atoms with Gasteiger partial charge in [-0.2, -0.15) is 0 Å². The minimum absolute atomic E-state index is 0.118. The predicted molar refractivity (Wildman–Crippen MR) is 65.2 cm³/mol. The second kappa shape index (κ2) is 6.12. The Morgan fingerprint density at radius 1 is 1.31 bits per heavy atom. The number of hydrogen-bond acceptors (Lipinski definition) is 6. The lowest BCUT2D eigenvalue weighted by molar-refractivity contribution is 0.595. The molecule has 0 atom stereocenters. The van der Waals surface area contributed by atoms with Gasteiger partial charge in [-0.15, -0.1) is 10.2 Å². The molecule has 0 aliphatic rings. The molecule has 0 aliphatic heterocycles. The molecule has 16 heavy (non-hydrogen) atoms. The van der Waals surface area contributed by atoms with Crippen LogP contribution in [-0.2, 0) is 10.0 Å². The quantitative estimate of drug-likeness (QED) is 0.704. The maximum absolute atomic E-state index is 11.6. The maximum atomic E-state index is 11.6. The number of rotatable bonds is 7. The van der Waals surface area contributed by atoms with Gasteiger partial charge in [-0.05, 0) is 33.4 Å². The van der Waals surface area contributed by atoms with Crippen LogP contribution in [0.2, 0.25) is 0 Å². The monoisotopic (exact) mass is 264 g/mol. The van der Waals surface area contributed by atoms with Gasteiger partial charge in [0.15, 0.2) is 0 Å². The minimum atomic E-state index is -3.27. The lowest BCUT2D eigenvalue weighted by Gasteiger charge is -2.04. The molecule has 0 aromatic carbocycles. The molecule has 0 bridgehead atoms. The van der Waals surface area contributed by atoms with Gasteiger partial charge in [0.1, 0.15) is 5.01 Å². The summed E-state index contributed by atoms with van der Waals surface area (Å²) >= 11 is 1.23.